The second-order valence-corrected chi connectivity index (χ2v) is 8.89. The predicted octanol–water partition coefficient (Wildman–Crippen LogP) is 5.82. The summed E-state index contributed by atoms with van der Waals surface area (Å²) >= 11 is 6.83. The first-order valence-electron chi connectivity index (χ1n) is 9.57. The Morgan fingerprint density at radius 1 is 0.967 bits per heavy atom. The number of hydrogen-bond donors (Lipinski definition) is 0. The molecule has 3 aromatic rings. The molecular formula is C24H22N2O2S2. The Labute approximate surface area is 186 Å². The van der Waals surface area contributed by atoms with Gasteiger partial charge in [-0.3, -0.25) is 9.69 Å². The molecule has 1 fully saturated rings. The molecule has 2 heterocycles. The lowest BCUT2D eigenvalue weighted by molar-refractivity contribution is -0.113. The van der Waals surface area contributed by atoms with Gasteiger partial charge in [0.2, 0.25) is 0 Å². The lowest BCUT2D eigenvalue weighted by atomic mass is 10.2. The first kappa shape index (κ1) is 20.4. The Kier molecular flexibility index (Phi) is 5.54. The minimum Gasteiger partial charge on any atom is -0.497 e. The van der Waals surface area contributed by atoms with Crippen LogP contribution in [0.2, 0.25) is 0 Å². The van der Waals surface area contributed by atoms with Crippen molar-refractivity contribution in [3.63, 3.8) is 0 Å². The van der Waals surface area contributed by atoms with Gasteiger partial charge in [0.15, 0.2) is 4.32 Å². The van der Waals surface area contributed by atoms with Crippen molar-refractivity contribution in [3.8, 4) is 11.4 Å². The Hall–Kier alpha value is -2.83. The third-order valence-electron chi connectivity index (χ3n) is 5.17. The molecule has 1 aliphatic heterocycles. The standard InChI is InChI=1S/C24H22N2O2S2/c1-15-5-7-19(8-6-15)25-16(2)13-18(17(25)3)14-22-23(27)26(24(29)30-22)20-9-11-21(28-4)12-10-20/h5-14H,1-4H3/b22-14+. The summed E-state index contributed by atoms with van der Waals surface area (Å²) in [5, 5.41) is 0. The van der Waals surface area contributed by atoms with Crippen LogP contribution in [-0.2, 0) is 4.79 Å². The summed E-state index contributed by atoms with van der Waals surface area (Å²) in [6.07, 6.45) is 1.94. The number of benzene rings is 2. The molecule has 0 aliphatic carbocycles. The molecule has 0 N–H and O–H groups in total. The second-order valence-electron chi connectivity index (χ2n) is 7.21. The third-order valence-corrected chi connectivity index (χ3v) is 6.48. The van der Waals surface area contributed by atoms with E-state index in [1.807, 2.05) is 30.3 Å². The quantitative estimate of drug-likeness (QED) is 0.383. The minimum absolute atomic E-state index is 0.102. The van der Waals surface area contributed by atoms with Crippen LogP contribution in [0, 0.1) is 20.8 Å². The highest BCUT2D eigenvalue weighted by Gasteiger charge is 2.33. The highest BCUT2D eigenvalue weighted by molar-refractivity contribution is 8.27. The van der Waals surface area contributed by atoms with E-state index in [-0.39, 0.29) is 5.91 Å². The van der Waals surface area contributed by atoms with Crippen molar-refractivity contribution in [1.29, 1.82) is 0 Å². The number of methoxy groups -OCH3 is 1. The summed E-state index contributed by atoms with van der Waals surface area (Å²) in [7, 11) is 1.62. The normalized spacial score (nSPS) is 15.3. The fourth-order valence-electron chi connectivity index (χ4n) is 3.59. The number of thioether (sulfide) groups is 1. The number of nitrogens with zero attached hydrogens (tertiary/aromatic N) is 2. The topological polar surface area (TPSA) is 34.5 Å². The molecule has 2 aromatic carbocycles. The molecule has 0 atom stereocenters. The number of aromatic nitrogens is 1. The van der Waals surface area contributed by atoms with Crippen LogP contribution in [0.15, 0.2) is 59.5 Å². The highest BCUT2D eigenvalue weighted by Crippen LogP contribution is 2.37. The lowest BCUT2D eigenvalue weighted by Gasteiger charge is -2.14. The van der Waals surface area contributed by atoms with Gasteiger partial charge in [-0.25, -0.2) is 0 Å². The lowest BCUT2D eigenvalue weighted by Crippen LogP contribution is -2.27. The van der Waals surface area contributed by atoms with Crippen molar-refractivity contribution in [2.24, 2.45) is 0 Å². The van der Waals surface area contributed by atoms with Crippen LogP contribution in [0.5, 0.6) is 5.75 Å². The average Bonchev–Trinajstić information content (AvgIpc) is 3.17. The van der Waals surface area contributed by atoms with Crippen LogP contribution in [0.4, 0.5) is 5.69 Å². The predicted molar refractivity (Wildman–Crippen MR) is 129 cm³/mol. The summed E-state index contributed by atoms with van der Waals surface area (Å²) < 4.78 is 7.94. The second kappa shape index (κ2) is 8.13. The Morgan fingerprint density at radius 3 is 2.23 bits per heavy atom. The van der Waals surface area contributed by atoms with Crippen LogP contribution in [0.25, 0.3) is 11.8 Å². The van der Waals surface area contributed by atoms with Gasteiger partial charge in [-0.05, 0) is 74.9 Å². The summed E-state index contributed by atoms with van der Waals surface area (Å²) in [4.78, 5) is 15.3. The number of thiocarbonyl (C=S) groups is 1. The molecule has 1 aromatic heterocycles. The number of ether oxygens (including phenoxy) is 1. The molecule has 1 saturated heterocycles. The zero-order chi connectivity index (χ0) is 21.4. The fourth-order valence-corrected chi connectivity index (χ4v) is 4.88. The molecule has 4 nitrogen and oxygen atoms in total. The number of amides is 1. The number of rotatable bonds is 4. The summed E-state index contributed by atoms with van der Waals surface area (Å²) in [5.41, 5.74) is 6.30. The van der Waals surface area contributed by atoms with Crippen LogP contribution in [0.1, 0.15) is 22.5 Å². The third kappa shape index (κ3) is 3.68. The number of hydrogen-bond acceptors (Lipinski definition) is 4. The fraction of sp³-hybridized carbons (Fsp3) is 0.167. The van der Waals surface area contributed by atoms with Crippen molar-refractivity contribution in [1.82, 2.24) is 4.57 Å². The van der Waals surface area contributed by atoms with Gasteiger partial charge in [-0.2, -0.15) is 0 Å². The monoisotopic (exact) mass is 434 g/mol. The van der Waals surface area contributed by atoms with E-state index >= 15 is 0 Å². The van der Waals surface area contributed by atoms with Gasteiger partial charge in [-0.15, -0.1) is 0 Å². The van der Waals surface area contributed by atoms with E-state index in [1.54, 1.807) is 12.0 Å². The molecule has 30 heavy (non-hydrogen) atoms. The molecular weight excluding hydrogens is 412 g/mol. The van der Waals surface area contributed by atoms with Crippen molar-refractivity contribution < 1.29 is 9.53 Å². The number of aryl methyl sites for hydroxylation is 2. The Balaban J connectivity index is 1.67. The van der Waals surface area contributed by atoms with Crippen LogP contribution in [-0.4, -0.2) is 21.9 Å². The van der Waals surface area contributed by atoms with Crippen LogP contribution in [0.3, 0.4) is 0 Å². The summed E-state index contributed by atoms with van der Waals surface area (Å²) in [6.45, 7) is 6.23. The van der Waals surface area contributed by atoms with E-state index in [9.17, 15) is 4.79 Å². The molecule has 0 spiro atoms. The maximum absolute atomic E-state index is 13.1. The largest absolute Gasteiger partial charge is 0.497 e. The minimum atomic E-state index is -0.102. The van der Waals surface area contributed by atoms with Crippen molar-refractivity contribution in [2.75, 3.05) is 12.0 Å². The van der Waals surface area contributed by atoms with Gasteiger partial charge in [0.25, 0.3) is 5.91 Å². The molecule has 1 aliphatic rings. The summed E-state index contributed by atoms with van der Waals surface area (Å²) in [6, 6.07) is 17.9. The van der Waals surface area contributed by atoms with Crippen LogP contribution >= 0.6 is 24.0 Å². The first-order chi connectivity index (χ1) is 14.4. The molecule has 6 heteroatoms. The smallest absolute Gasteiger partial charge is 0.270 e. The van der Waals surface area contributed by atoms with E-state index in [0.29, 0.717) is 9.23 Å². The van der Waals surface area contributed by atoms with E-state index in [0.717, 1.165) is 34.1 Å². The highest BCUT2D eigenvalue weighted by atomic mass is 32.2. The molecule has 0 bridgehead atoms. The van der Waals surface area contributed by atoms with Crippen molar-refractivity contribution in [2.45, 2.75) is 20.8 Å². The van der Waals surface area contributed by atoms with Crippen LogP contribution < -0.4 is 9.64 Å². The number of carbonyl (C=O) groups is 1. The van der Waals surface area contributed by atoms with E-state index in [1.165, 1.54) is 17.3 Å². The molecule has 0 saturated carbocycles. The van der Waals surface area contributed by atoms with Gasteiger partial charge in [0.1, 0.15) is 5.75 Å². The van der Waals surface area contributed by atoms with E-state index in [2.05, 4.69) is 55.7 Å². The average molecular weight is 435 g/mol. The van der Waals surface area contributed by atoms with Gasteiger partial charge >= 0.3 is 0 Å². The van der Waals surface area contributed by atoms with Crippen molar-refractivity contribution >= 4 is 46.0 Å². The SMILES string of the molecule is COc1ccc(N2C(=O)/C(=C\c3cc(C)n(-c4ccc(C)cc4)c3C)SC2=S)cc1. The van der Waals surface area contributed by atoms with E-state index < -0.39 is 0 Å². The molecule has 152 valence electrons. The van der Waals surface area contributed by atoms with Gasteiger partial charge in [0, 0.05) is 17.1 Å². The van der Waals surface area contributed by atoms with Gasteiger partial charge < -0.3 is 9.30 Å². The van der Waals surface area contributed by atoms with Gasteiger partial charge in [0.05, 0.1) is 17.7 Å². The zero-order valence-corrected chi connectivity index (χ0v) is 18.9. The van der Waals surface area contributed by atoms with Crippen molar-refractivity contribution in [3.05, 3.63) is 82.0 Å². The zero-order valence-electron chi connectivity index (χ0n) is 17.3. The summed E-state index contributed by atoms with van der Waals surface area (Å²) in [5.74, 6) is 0.638. The number of anilines is 1. The maximum Gasteiger partial charge on any atom is 0.270 e. The first-order valence-corrected chi connectivity index (χ1v) is 10.8. The molecule has 0 unspecified atom stereocenters. The Morgan fingerprint density at radius 2 is 1.60 bits per heavy atom. The maximum atomic E-state index is 13.1. The molecule has 0 radical (unpaired) electrons. The number of carbonyl (C=O) groups excluding carboxylic acids is 1. The Bertz CT molecular complexity index is 1160. The molecule has 1 amide bonds. The van der Waals surface area contributed by atoms with Gasteiger partial charge in [-0.1, -0.05) is 41.7 Å². The van der Waals surface area contributed by atoms with E-state index in [4.69, 9.17) is 17.0 Å². The molecule has 4 rings (SSSR count).